The molecule has 1 fully saturated rings. The summed E-state index contributed by atoms with van der Waals surface area (Å²) < 4.78 is 5.56. The molecule has 1 aromatic heterocycles. The van der Waals surface area contributed by atoms with E-state index in [0.29, 0.717) is 16.3 Å². The van der Waals surface area contributed by atoms with E-state index in [-0.39, 0.29) is 37.3 Å². The fraction of sp³-hybridized carbons (Fsp3) is 0.350. The number of nitrogens with zero attached hydrogens (tertiary/aromatic N) is 1. The second-order valence-electron chi connectivity index (χ2n) is 6.44. The van der Waals surface area contributed by atoms with E-state index in [2.05, 4.69) is 10.6 Å². The number of hydrogen-bond acceptors (Lipinski definition) is 5. The SMILES string of the molecule is O=C(CCNC(=O)c1cccs1)Nc1cccc(OCC(=O)N2CCCC2)c1. The molecule has 1 aromatic carbocycles. The molecule has 0 atom stereocenters. The Morgan fingerprint density at radius 3 is 2.68 bits per heavy atom. The second-order valence-corrected chi connectivity index (χ2v) is 7.38. The van der Waals surface area contributed by atoms with E-state index in [9.17, 15) is 14.4 Å². The van der Waals surface area contributed by atoms with Crippen LogP contribution in [-0.2, 0) is 9.59 Å². The number of carbonyl (C=O) groups is 3. The van der Waals surface area contributed by atoms with Crippen LogP contribution in [0, 0.1) is 0 Å². The van der Waals surface area contributed by atoms with E-state index in [1.807, 2.05) is 5.38 Å². The summed E-state index contributed by atoms with van der Waals surface area (Å²) in [5.41, 5.74) is 0.584. The number of carbonyl (C=O) groups excluding carboxylic acids is 3. The highest BCUT2D eigenvalue weighted by atomic mass is 32.1. The first-order valence-electron chi connectivity index (χ1n) is 9.24. The molecular formula is C20H23N3O4S. The Balaban J connectivity index is 1.41. The van der Waals surface area contributed by atoms with Crippen molar-refractivity contribution in [2.75, 3.05) is 31.6 Å². The number of amides is 3. The van der Waals surface area contributed by atoms with Crippen molar-refractivity contribution in [3.8, 4) is 5.75 Å². The number of rotatable bonds is 8. The number of anilines is 1. The van der Waals surface area contributed by atoms with Crippen LogP contribution >= 0.6 is 11.3 Å². The van der Waals surface area contributed by atoms with Crippen molar-refractivity contribution in [3.63, 3.8) is 0 Å². The Hall–Kier alpha value is -2.87. The van der Waals surface area contributed by atoms with Gasteiger partial charge in [-0.05, 0) is 36.4 Å². The van der Waals surface area contributed by atoms with Crippen LogP contribution in [0.4, 0.5) is 5.69 Å². The Morgan fingerprint density at radius 2 is 1.93 bits per heavy atom. The van der Waals surface area contributed by atoms with E-state index in [1.54, 1.807) is 41.3 Å². The van der Waals surface area contributed by atoms with Gasteiger partial charge in [-0.25, -0.2) is 0 Å². The normalized spacial score (nSPS) is 13.2. The minimum atomic E-state index is -0.211. The van der Waals surface area contributed by atoms with Gasteiger partial charge < -0.3 is 20.3 Å². The van der Waals surface area contributed by atoms with Gasteiger partial charge in [-0.15, -0.1) is 11.3 Å². The second kappa shape index (κ2) is 9.89. The van der Waals surface area contributed by atoms with Crippen molar-refractivity contribution in [3.05, 3.63) is 46.7 Å². The quantitative estimate of drug-likeness (QED) is 0.711. The van der Waals surface area contributed by atoms with Crippen LogP contribution in [0.15, 0.2) is 41.8 Å². The highest BCUT2D eigenvalue weighted by Gasteiger charge is 2.18. The standard InChI is InChI=1S/C20H23N3O4S/c24-18(8-9-21-20(26)17-7-4-12-28-17)22-15-5-3-6-16(13-15)27-14-19(25)23-10-1-2-11-23/h3-7,12-13H,1-2,8-11,14H2,(H,21,26)(H,22,24). The van der Waals surface area contributed by atoms with Gasteiger partial charge in [-0.1, -0.05) is 12.1 Å². The molecule has 8 heteroatoms. The summed E-state index contributed by atoms with van der Waals surface area (Å²) in [6, 6.07) is 10.5. The zero-order valence-corrected chi connectivity index (χ0v) is 16.3. The molecule has 1 saturated heterocycles. The molecule has 0 saturated carbocycles. The van der Waals surface area contributed by atoms with Crippen molar-refractivity contribution < 1.29 is 19.1 Å². The summed E-state index contributed by atoms with van der Waals surface area (Å²) in [5, 5.41) is 7.32. The van der Waals surface area contributed by atoms with Crippen molar-refractivity contribution in [1.82, 2.24) is 10.2 Å². The van der Waals surface area contributed by atoms with Crippen molar-refractivity contribution >= 4 is 34.7 Å². The Kier molecular flexibility index (Phi) is 7.02. The zero-order valence-electron chi connectivity index (χ0n) is 15.5. The maximum atomic E-state index is 12.1. The number of thiophene rings is 1. The fourth-order valence-corrected chi connectivity index (χ4v) is 3.51. The topological polar surface area (TPSA) is 87.7 Å². The maximum absolute atomic E-state index is 12.1. The van der Waals surface area contributed by atoms with Gasteiger partial charge in [0.2, 0.25) is 5.91 Å². The summed E-state index contributed by atoms with van der Waals surface area (Å²) in [6.07, 6.45) is 2.25. The third-order valence-electron chi connectivity index (χ3n) is 4.32. The van der Waals surface area contributed by atoms with E-state index in [1.165, 1.54) is 11.3 Å². The fourth-order valence-electron chi connectivity index (χ4n) is 2.87. The highest BCUT2D eigenvalue weighted by Crippen LogP contribution is 2.18. The summed E-state index contributed by atoms with van der Waals surface area (Å²) in [6.45, 7) is 1.83. The van der Waals surface area contributed by atoms with Gasteiger partial charge in [0.15, 0.2) is 6.61 Å². The predicted molar refractivity (Wildman–Crippen MR) is 108 cm³/mol. The molecule has 0 bridgehead atoms. The van der Waals surface area contributed by atoms with Crippen LogP contribution in [-0.4, -0.2) is 48.9 Å². The van der Waals surface area contributed by atoms with Crippen molar-refractivity contribution in [2.24, 2.45) is 0 Å². The third kappa shape index (κ3) is 5.82. The van der Waals surface area contributed by atoms with Crippen molar-refractivity contribution in [1.29, 1.82) is 0 Å². The van der Waals surface area contributed by atoms with Crippen LogP contribution in [0.1, 0.15) is 28.9 Å². The molecule has 148 valence electrons. The van der Waals surface area contributed by atoms with Gasteiger partial charge in [0.05, 0.1) is 4.88 Å². The van der Waals surface area contributed by atoms with Gasteiger partial charge in [-0.3, -0.25) is 14.4 Å². The van der Waals surface area contributed by atoms with Crippen LogP contribution in [0.5, 0.6) is 5.75 Å². The molecule has 0 unspecified atom stereocenters. The zero-order chi connectivity index (χ0) is 19.8. The average Bonchev–Trinajstić information content (AvgIpc) is 3.40. The first-order chi connectivity index (χ1) is 13.6. The maximum Gasteiger partial charge on any atom is 0.261 e. The lowest BCUT2D eigenvalue weighted by atomic mass is 10.3. The monoisotopic (exact) mass is 401 g/mol. The molecule has 0 spiro atoms. The van der Waals surface area contributed by atoms with Crippen LogP contribution in [0.25, 0.3) is 0 Å². The summed E-state index contributed by atoms with van der Waals surface area (Å²) in [5.74, 6) is 0.113. The van der Waals surface area contributed by atoms with Gasteiger partial charge in [0.25, 0.3) is 11.8 Å². The van der Waals surface area contributed by atoms with E-state index in [4.69, 9.17) is 4.74 Å². The number of hydrogen-bond donors (Lipinski definition) is 2. The highest BCUT2D eigenvalue weighted by molar-refractivity contribution is 7.12. The van der Waals surface area contributed by atoms with Gasteiger partial charge >= 0.3 is 0 Å². The van der Waals surface area contributed by atoms with Crippen LogP contribution < -0.4 is 15.4 Å². The summed E-state index contributed by atoms with van der Waals surface area (Å²) in [4.78, 5) is 38.4. The van der Waals surface area contributed by atoms with E-state index in [0.717, 1.165) is 25.9 Å². The first-order valence-corrected chi connectivity index (χ1v) is 10.1. The molecule has 2 aromatic rings. The first kappa shape index (κ1) is 19.9. The Morgan fingerprint density at radius 1 is 1.11 bits per heavy atom. The van der Waals surface area contributed by atoms with Crippen molar-refractivity contribution in [2.45, 2.75) is 19.3 Å². The van der Waals surface area contributed by atoms with E-state index < -0.39 is 0 Å². The molecular weight excluding hydrogens is 378 g/mol. The van der Waals surface area contributed by atoms with Crippen LogP contribution in [0.3, 0.4) is 0 Å². The number of likely N-dealkylation sites (tertiary alicyclic amines) is 1. The number of nitrogens with one attached hydrogen (secondary N) is 2. The third-order valence-corrected chi connectivity index (χ3v) is 5.19. The number of ether oxygens (including phenoxy) is 1. The van der Waals surface area contributed by atoms with Gasteiger partial charge in [-0.2, -0.15) is 0 Å². The number of benzene rings is 1. The molecule has 1 aliphatic heterocycles. The Bertz CT molecular complexity index is 817. The summed E-state index contributed by atoms with van der Waals surface area (Å²) >= 11 is 1.36. The Labute approximate surface area is 167 Å². The van der Waals surface area contributed by atoms with Gasteiger partial charge in [0.1, 0.15) is 5.75 Å². The molecule has 3 rings (SSSR count). The minimum Gasteiger partial charge on any atom is -0.484 e. The lowest BCUT2D eigenvalue weighted by Crippen LogP contribution is -2.32. The lowest BCUT2D eigenvalue weighted by Gasteiger charge is -2.15. The molecule has 28 heavy (non-hydrogen) atoms. The van der Waals surface area contributed by atoms with E-state index >= 15 is 0 Å². The molecule has 0 radical (unpaired) electrons. The molecule has 2 heterocycles. The predicted octanol–water partition coefficient (Wildman–Crippen LogP) is 2.51. The smallest absolute Gasteiger partial charge is 0.261 e. The van der Waals surface area contributed by atoms with Crippen LogP contribution in [0.2, 0.25) is 0 Å². The largest absolute Gasteiger partial charge is 0.484 e. The minimum absolute atomic E-state index is 0.00779. The average molecular weight is 401 g/mol. The molecule has 3 amide bonds. The molecule has 1 aliphatic rings. The molecule has 0 aliphatic carbocycles. The summed E-state index contributed by atoms with van der Waals surface area (Å²) in [7, 11) is 0. The molecule has 7 nitrogen and oxygen atoms in total. The lowest BCUT2D eigenvalue weighted by molar-refractivity contribution is -0.132. The van der Waals surface area contributed by atoms with Gasteiger partial charge in [0, 0.05) is 37.8 Å². The molecule has 2 N–H and O–H groups in total.